The Balaban J connectivity index is 0.000000210. The van der Waals surface area contributed by atoms with Crippen LogP contribution in [-0.2, 0) is 58.3 Å². The van der Waals surface area contributed by atoms with Crippen LogP contribution >= 0.6 is 22.7 Å². The van der Waals surface area contributed by atoms with Crippen molar-refractivity contribution in [2.75, 3.05) is 13.1 Å². The molecule has 0 unspecified atom stereocenters. The van der Waals surface area contributed by atoms with E-state index in [2.05, 4.69) is 39.1 Å². The molecule has 2 aromatic carbocycles. The number of likely N-dealkylation sites (tertiary alicyclic amines) is 2. The Labute approximate surface area is 630 Å². The fraction of sp³-hybridized carbons (Fsp3) is 0.514. The highest BCUT2D eigenvalue weighted by Crippen LogP contribution is 2.47. The standard InChI is InChI=1S/C37H46N6O8S2.C34H41N5O7S.C3H7NO2S/c1-8-21-19-37(21,33(46)42-53(48,49)23-15-16-23)41-30(44)26-18-22(20-43(26)32(45)29(35(2,3)4)40-34(47)51-36(5,6)7)50-31-28(27-14-11-17-52-27)38-24-12-9-10-13-25(24)39-31;1-8-19-17-34(19,30(42)43)38-27(40)23-16-20(18-39(23)29(41)26(32(2,3)4)37-31(44)46-33(5,6)7)45-28-25(24-14-11-15-47-24)35-21-12-9-10-13-22(21)36-28;4-7(5,6)3-1-2-3/h8-14,17,21-23,26,29H,1,15-16,18-20H2,2-7H3,(H,40,47)(H,41,44)(H,42,46);8-15,19-20,23,26H,1,16-18H2,2-7H3,(H,37,44)(H,38,40)(H,42,43);3H,1-2H2,(H2,4,5,6)/t21-,22-,26+,29-,37-;19-,20-,23+,26-,34-;/m11./s1. The Hall–Kier alpha value is -9.18. The lowest BCUT2D eigenvalue weighted by Crippen LogP contribution is -2.60. The van der Waals surface area contributed by atoms with Crippen molar-refractivity contribution in [2.24, 2.45) is 27.8 Å². The van der Waals surface area contributed by atoms with Crippen LogP contribution in [0.5, 0.6) is 11.8 Å². The molecule has 12 rings (SSSR count). The number of carboxylic acid groups (broad SMARTS) is 1. The first kappa shape index (κ1) is 80.4. The smallest absolute Gasteiger partial charge is 0.408 e. The SMILES string of the molecule is C=C[C@@H]1C[C@]1(NC(=O)[C@@H]1C[C@@H](Oc2nc3ccccc3nc2-c2cccs2)CN1C(=O)[C@@H](NC(=O)OC(C)(C)C)C(C)(C)C)C(=O)NS(=O)(=O)C1CC1.C=C[C@@H]1C[C@]1(NC(=O)[C@@H]1C[C@@H](Oc2nc3ccccc3nc2-c2cccs2)CN1C(=O)[C@@H](NC(=O)OC(C)(C)C)C(C)(C)C)C(=O)O.NS(=O)(=O)C1CC1. The highest BCUT2D eigenvalue weighted by atomic mass is 32.2. The molecule has 4 aliphatic carbocycles. The van der Waals surface area contributed by atoms with Crippen molar-refractivity contribution >= 4 is 112 Å². The zero-order valence-corrected chi connectivity index (χ0v) is 65.1. The van der Waals surface area contributed by atoms with Crippen LogP contribution in [0.25, 0.3) is 43.2 Å². The van der Waals surface area contributed by atoms with E-state index in [0.29, 0.717) is 46.3 Å². The number of carbonyl (C=O) groups is 8. The van der Waals surface area contributed by atoms with Crippen LogP contribution in [0.15, 0.2) is 109 Å². The van der Waals surface area contributed by atoms with Crippen molar-refractivity contribution in [1.82, 2.24) is 55.7 Å². The van der Waals surface area contributed by atoms with Gasteiger partial charge in [0.15, 0.2) is 0 Å². The number of hydrogen-bond acceptors (Lipinski definition) is 22. The van der Waals surface area contributed by atoms with Crippen LogP contribution in [0.4, 0.5) is 9.59 Å². The summed E-state index contributed by atoms with van der Waals surface area (Å²) in [5.41, 5.74) is -2.72. The first-order valence-electron chi connectivity index (χ1n) is 35.2. The number of nitrogens with zero attached hydrogens (tertiary/aromatic N) is 6. The third-order valence-electron chi connectivity index (χ3n) is 18.7. The van der Waals surface area contributed by atoms with E-state index in [9.17, 15) is 60.3 Å². The summed E-state index contributed by atoms with van der Waals surface area (Å²) in [4.78, 5) is 132. The summed E-state index contributed by atoms with van der Waals surface area (Å²) in [6.45, 7) is 28.4. The van der Waals surface area contributed by atoms with Gasteiger partial charge in [0.1, 0.15) is 70.0 Å². The van der Waals surface area contributed by atoms with Crippen molar-refractivity contribution < 1.29 is 79.2 Å². The quantitative estimate of drug-likeness (QED) is 0.0332. The molecule has 107 heavy (non-hydrogen) atoms. The Morgan fingerprint density at radius 3 is 1.25 bits per heavy atom. The fourth-order valence-corrected chi connectivity index (χ4v) is 16.1. The Bertz CT molecular complexity index is 4640. The molecule has 8 N–H and O–H groups in total. The van der Waals surface area contributed by atoms with Crippen LogP contribution in [0.3, 0.4) is 0 Å². The Morgan fingerprint density at radius 2 is 0.944 bits per heavy atom. The fourth-order valence-electron chi connectivity index (χ4n) is 12.6. The summed E-state index contributed by atoms with van der Waals surface area (Å²) in [5, 5.41) is 28.6. The summed E-state index contributed by atoms with van der Waals surface area (Å²) in [7, 11) is -7.04. The molecular weight excluding hydrogens is 1460 g/mol. The number of rotatable bonds is 21. The number of para-hydroxylation sites is 4. The van der Waals surface area contributed by atoms with Gasteiger partial charge < -0.3 is 55.1 Å². The zero-order chi connectivity index (χ0) is 78.3. The second-order valence-electron chi connectivity index (χ2n) is 31.8. The number of fused-ring (bicyclic) bond motifs is 2. The number of amides is 7. The summed E-state index contributed by atoms with van der Waals surface area (Å²) in [6.07, 6.45) is 2.76. The van der Waals surface area contributed by atoms with E-state index in [1.54, 1.807) is 83.1 Å². The van der Waals surface area contributed by atoms with Crippen molar-refractivity contribution in [2.45, 2.75) is 204 Å². The van der Waals surface area contributed by atoms with Crippen LogP contribution < -0.4 is 40.6 Å². The lowest BCUT2D eigenvalue weighted by atomic mass is 9.85. The number of sulfonamides is 2. The average Bonchev–Trinajstić information content (AvgIpc) is 1.56. The van der Waals surface area contributed by atoms with Gasteiger partial charge in [-0.15, -0.1) is 35.8 Å². The highest BCUT2D eigenvalue weighted by molar-refractivity contribution is 7.91. The van der Waals surface area contributed by atoms with Crippen LogP contribution in [0, 0.1) is 22.7 Å². The maximum absolute atomic E-state index is 14.6. The molecule has 6 fully saturated rings. The number of nitrogens with two attached hydrogens (primary N) is 1. The summed E-state index contributed by atoms with van der Waals surface area (Å²) < 4.78 is 71.8. The summed E-state index contributed by atoms with van der Waals surface area (Å²) >= 11 is 2.93. The molecule has 6 aromatic rings. The molecule has 10 atom stereocenters. The number of aliphatic carboxylic acids is 1. The molecule has 0 radical (unpaired) electrons. The minimum absolute atomic E-state index is 0.00388. The van der Waals surface area contributed by atoms with E-state index >= 15 is 0 Å². The number of nitrogens with one attached hydrogen (secondary N) is 5. The first-order chi connectivity index (χ1) is 49.9. The Kier molecular flexibility index (Phi) is 23.2. The third-order valence-corrected chi connectivity index (χ3v) is 23.6. The molecule has 29 nitrogen and oxygen atoms in total. The number of carboxylic acids is 1. The molecule has 0 bridgehead atoms. The van der Waals surface area contributed by atoms with Crippen LogP contribution in [-0.4, -0.2) is 182 Å². The predicted molar refractivity (Wildman–Crippen MR) is 402 cm³/mol. The van der Waals surface area contributed by atoms with E-state index in [1.165, 1.54) is 44.6 Å². The minimum Gasteiger partial charge on any atom is -0.479 e. The van der Waals surface area contributed by atoms with Crippen molar-refractivity contribution in [1.29, 1.82) is 0 Å². The molecule has 4 aromatic heterocycles. The number of aromatic nitrogens is 4. The maximum atomic E-state index is 14.6. The minimum atomic E-state index is -3.91. The molecule has 2 aliphatic heterocycles. The maximum Gasteiger partial charge on any atom is 0.408 e. The summed E-state index contributed by atoms with van der Waals surface area (Å²) in [6, 6.07) is 17.9. The monoisotopic (exact) mass is 1550 g/mol. The van der Waals surface area contributed by atoms with E-state index in [0.717, 1.165) is 22.6 Å². The van der Waals surface area contributed by atoms with Crippen molar-refractivity contribution in [3.63, 3.8) is 0 Å². The van der Waals surface area contributed by atoms with Gasteiger partial charge in [0, 0.05) is 24.7 Å². The van der Waals surface area contributed by atoms with Crippen LogP contribution in [0.2, 0.25) is 0 Å². The van der Waals surface area contributed by atoms with Gasteiger partial charge in [0.25, 0.3) is 5.91 Å². The van der Waals surface area contributed by atoms with Gasteiger partial charge in [-0.25, -0.2) is 56.3 Å². The average molecular weight is 1550 g/mol. The molecule has 576 valence electrons. The molecule has 33 heteroatoms. The lowest BCUT2D eigenvalue weighted by molar-refractivity contribution is -0.146. The summed E-state index contributed by atoms with van der Waals surface area (Å²) in [5.74, 6) is -4.94. The highest BCUT2D eigenvalue weighted by Gasteiger charge is 2.63. The van der Waals surface area contributed by atoms with Crippen molar-refractivity contribution in [3.8, 4) is 32.9 Å². The van der Waals surface area contributed by atoms with E-state index in [1.807, 2.05) is 83.6 Å². The van der Waals surface area contributed by atoms with E-state index < -0.39 is 154 Å². The molecular formula is C74H94N12O17S4. The molecule has 6 aliphatic rings. The molecule has 2 saturated heterocycles. The number of ether oxygens (including phenoxy) is 4. The first-order valence-corrected chi connectivity index (χ1v) is 40.1. The van der Waals surface area contributed by atoms with Gasteiger partial charge in [-0.05, 0) is 138 Å². The number of thiophene rings is 2. The van der Waals surface area contributed by atoms with Gasteiger partial charge in [-0.1, -0.05) is 90.1 Å². The molecule has 6 heterocycles. The topological polar surface area (TPSA) is 406 Å². The predicted octanol–water partition coefficient (Wildman–Crippen LogP) is 8.54. The number of benzene rings is 2. The number of hydrogen-bond donors (Lipinski definition) is 7. The molecule has 4 saturated carbocycles. The second-order valence-corrected chi connectivity index (χ2v) is 37.5. The third kappa shape index (κ3) is 19.4. The largest absolute Gasteiger partial charge is 0.479 e. The Morgan fingerprint density at radius 1 is 0.570 bits per heavy atom. The number of primary sulfonamides is 1. The molecule has 0 spiro atoms. The number of alkyl carbamates (subject to hydrolysis) is 2. The lowest BCUT2D eigenvalue weighted by Gasteiger charge is -2.36. The van der Waals surface area contributed by atoms with Gasteiger partial charge in [-0.2, -0.15) is 0 Å². The zero-order valence-electron chi connectivity index (χ0n) is 61.9. The molecule has 7 amide bonds. The van der Waals surface area contributed by atoms with Gasteiger partial charge >= 0.3 is 18.2 Å². The van der Waals surface area contributed by atoms with Gasteiger partial charge in [-0.3, -0.25) is 28.7 Å². The van der Waals surface area contributed by atoms with E-state index in [-0.39, 0.29) is 55.8 Å². The van der Waals surface area contributed by atoms with E-state index in [4.69, 9.17) is 44.0 Å². The van der Waals surface area contributed by atoms with Crippen molar-refractivity contribution in [3.05, 3.63) is 109 Å². The van der Waals surface area contributed by atoms with Gasteiger partial charge in [0.2, 0.25) is 55.4 Å². The second kappa shape index (κ2) is 30.8. The van der Waals surface area contributed by atoms with Crippen LogP contribution in [0.1, 0.15) is 134 Å². The number of carbonyl (C=O) groups excluding carboxylic acids is 7. The van der Waals surface area contributed by atoms with Gasteiger partial charge in [0.05, 0.1) is 55.4 Å². The normalized spacial score (nSPS) is 23.3.